The molecule has 0 saturated heterocycles. The summed E-state index contributed by atoms with van der Waals surface area (Å²) in [6.07, 6.45) is 1.93. The molecule has 8 heteroatoms. The fourth-order valence-electron chi connectivity index (χ4n) is 2.56. The smallest absolute Gasteiger partial charge is 0.288 e. The zero-order valence-electron chi connectivity index (χ0n) is 15.4. The fraction of sp³-hybridized carbons (Fsp3) is 0.200. The molecule has 0 atom stereocenters. The van der Waals surface area contributed by atoms with Crippen molar-refractivity contribution in [3.8, 4) is 11.5 Å². The Hall–Kier alpha value is -3.68. The van der Waals surface area contributed by atoms with Crippen LogP contribution >= 0.6 is 0 Å². The summed E-state index contributed by atoms with van der Waals surface area (Å²) in [5.74, 6) is 0.307. The highest BCUT2D eigenvalue weighted by atomic mass is 16.5. The number of nitrogens with one attached hydrogen (secondary N) is 2. The molecule has 146 valence electrons. The van der Waals surface area contributed by atoms with E-state index in [1.54, 1.807) is 30.3 Å². The maximum atomic E-state index is 12.4. The Kier molecular flexibility index (Phi) is 6.01. The van der Waals surface area contributed by atoms with Crippen molar-refractivity contribution in [2.75, 3.05) is 13.7 Å². The molecule has 0 aliphatic heterocycles. The molecule has 0 fully saturated rings. The molecule has 3 aromatic rings. The van der Waals surface area contributed by atoms with E-state index in [0.717, 1.165) is 0 Å². The number of amides is 2. The first kappa shape index (κ1) is 19.1. The van der Waals surface area contributed by atoms with Crippen LogP contribution in [0, 0.1) is 0 Å². The van der Waals surface area contributed by atoms with E-state index in [1.165, 1.54) is 31.8 Å². The Balaban J connectivity index is 1.88. The minimum absolute atomic E-state index is 0.121. The maximum Gasteiger partial charge on any atom is 0.288 e. The van der Waals surface area contributed by atoms with Gasteiger partial charge in [0, 0.05) is 0 Å². The van der Waals surface area contributed by atoms with Crippen molar-refractivity contribution in [3.05, 3.63) is 72.1 Å². The molecule has 2 N–H and O–H groups in total. The lowest BCUT2D eigenvalue weighted by Gasteiger charge is -2.21. The van der Waals surface area contributed by atoms with Gasteiger partial charge in [-0.25, -0.2) is 0 Å². The van der Waals surface area contributed by atoms with Gasteiger partial charge in [-0.3, -0.25) is 9.59 Å². The lowest BCUT2D eigenvalue weighted by Crippen LogP contribution is -2.41. The van der Waals surface area contributed by atoms with Gasteiger partial charge in [0.05, 0.1) is 26.2 Å². The molecule has 3 rings (SSSR count). The van der Waals surface area contributed by atoms with Crippen molar-refractivity contribution in [3.63, 3.8) is 0 Å². The Labute approximate surface area is 161 Å². The molecule has 0 bridgehead atoms. The van der Waals surface area contributed by atoms with E-state index in [0.29, 0.717) is 23.7 Å². The molecule has 1 aromatic carbocycles. The van der Waals surface area contributed by atoms with E-state index in [-0.39, 0.29) is 11.5 Å². The topological polar surface area (TPSA) is 103 Å². The summed E-state index contributed by atoms with van der Waals surface area (Å²) in [6, 6.07) is 11.4. The number of ether oxygens (including phenoxy) is 2. The summed E-state index contributed by atoms with van der Waals surface area (Å²) in [5.41, 5.74) is 0.583. The van der Waals surface area contributed by atoms with Crippen molar-refractivity contribution in [2.24, 2.45) is 0 Å². The third-order valence-electron chi connectivity index (χ3n) is 3.86. The summed E-state index contributed by atoms with van der Waals surface area (Å²) in [5, 5.41) is 5.46. The lowest BCUT2D eigenvalue weighted by molar-refractivity contribution is 0.0853. The number of carbonyl (C=O) groups is 2. The summed E-state index contributed by atoms with van der Waals surface area (Å²) in [6.45, 7) is 2.34. The van der Waals surface area contributed by atoms with E-state index in [9.17, 15) is 9.59 Å². The summed E-state index contributed by atoms with van der Waals surface area (Å²) >= 11 is 0. The molecule has 0 aliphatic carbocycles. The maximum absolute atomic E-state index is 12.4. The van der Waals surface area contributed by atoms with Crippen LogP contribution in [0.1, 0.15) is 39.8 Å². The van der Waals surface area contributed by atoms with Gasteiger partial charge in [0.1, 0.15) is 6.17 Å². The predicted molar refractivity (Wildman–Crippen MR) is 99.3 cm³/mol. The van der Waals surface area contributed by atoms with Gasteiger partial charge in [-0.15, -0.1) is 0 Å². The summed E-state index contributed by atoms with van der Waals surface area (Å²) < 4.78 is 21.1. The molecular weight excluding hydrogens is 364 g/mol. The fourth-order valence-corrected chi connectivity index (χ4v) is 2.56. The predicted octanol–water partition coefficient (Wildman–Crippen LogP) is 3.14. The molecule has 28 heavy (non-hydrogen) atoms. The molecule has 2 amide bonds. The quantitative estimate of drug-likeness (QED) is 0.579. The van der Waals surface area contributed by atoms with Crippen molar-refractivity contribution in [1.29, 1.82) is 0 Å². The number of rotatable bonds is 8. The van der Waals surface area contributed by atoms with Crippen molar-refractivity contribution in [2.45, 2.75) is 13.1 Å². The average Bonchev–Trinajstić information content (AvgIpc) is 3.41. The third kappa shape index (κ3) is 4.35. The lowest BCUT2D eigenvalue weighted by atomic mass is 10.1. The van der Waals surface area contributed by atoms with Gasteiger partial charge in [-0.05, 0) is 48.9 Å². The Morgan fingerprint density at radius 1 is 0.964 bits per heavy atom. The van der Waals surface area contributed by atoms with E-state index in [4.69, 9.17) is 18.3 Å². The van der Waals surface area contributed by atoms with Gasteiger partial charge in [0.2, 0.25) is 0 Å². The monoisotopic (exact) mass is 384 g/mol. The number of methoxy groups -OCH3 is 1. The Bertz CT molecular complexity index is 870. The number of hydrogen-bond donors (Lipinski definition) is 2. The molecule has 0 spiro atoms. The SMILES string of the molecule is CCOc1ccc(C(NC(=O)c2ccco2)NC(=O)c2ccco2)cc1OC. The molecule has 0 aliphatic rings. The number of furan rings is 2. The first-order chi connectivity index (χ1) is 13.6. The first-order valence-corrected chi connectivity index (χ1v) is 8.61. The highest BCUT2D eigenvalue weighted by Crippen LogP contribution is 2.30. The van der Waals surface area contributed by atoms with Crippen molar-refractivity contribution < 1.29 is 27.9 Å². The van der Waals surface area contributed by atoms with E-state index >= 15 is 0 Å². The Morgan fingerprint density at radius 2 is 1.57 bits per heavy atom. The molecule has 8 nitrogen and oxygen atoms in total. The number of benzene rings is 1. The van der Waals surface area contributed by atoms with E-state index in [2.05, 4.69) is 10.6 Å². The van der Waals surface area contributed by atoms with Crippen LogP contribution in [0.5, 0.6) is 11.5 Å². The Morgan fingerprint density at radius 3 is 2.04 bits per heavy atom. The average molecular weight is 384 g/mol. The molecule has 0 unspecified atom stereocenters. The standard InChI is InChI=1S/C20H20N2O6/c1-3-26-14-9-8-13(12-17(14)25-2)18(21-19(23)15-6-4-10-27-15)22-20(24)16-7-5-11-28-16/h4-12,18H,3H2,1-2H3,(H,21,23)(H,22,24). The minimum Gasteiger partial charge on any atom is -0.493 e. The van der Waals surface area contributed by atoms with Gasteiger partial charge in [-0.2, -0.15) is 0 Å². The molecule has 2 aromatic heterocycles. The van der Waals surface area contributed by atoms with Crippen LogP contribution in [-0.2, 0) is 0 Å². The van der Waals surface area contributed by atoms with Gasteiger partial charge >= 0.3 is 0 Å². The van der Waals surface area contributed by atoms with Crippen LogP contribution in [0.2, 0.25) is 0 Å². The number of carbonyl (C=O) groups excluding carboxylic acids is 2. The van der Waals surface area contributed by atoms with Crippen LogP contribution < -0.4 is 20.1 Å². The summed E-state index contributed by atoms with van der Waals surface area (Å²) in [7, 11) is 1.51. The molecule has 0 saturated carbocycles. The van der Waals surface area contributed by atoms with Gasteiger partial charge in [0.25, 0.3) is 11.8 Å². The van der Waals surface area contributed by atoms with Gasteiger partial charge < -0.3 is 28.9 Å². The zero-order valence-corrected chi connectivity index (χ0v) is 15.4. The van der Waals surface area contributed by atoms with Crippen LogP contribution in [0.15, 0.2) is 63.8 Å². The van der Waals surface area contributed by atoms with Crippen LogP contribution in [0.25, 0.3) is 0 Å². The molecule has 0 radical (unpaired) electrons. The summed E-state index contributed by atoms with van der Waals surface area (Å²) in [4.78, 5) is 24.9. The second kappa shape index (κ2) is 8.81. The molecular formula is C20H20N2O6. The van der Waals surface area contributed by atoms with Crippen LogP contribution in [0.4, 0.5) is 0 Å². The van der Waals surface area contributed by atoms with E-state index < -0.39 is 18.0 Å². The highest BCUT2D eigenvalue weighted by Gasteiger charge is 2.22. The van der Waals surface area contributed by atoms with Crippen LogP contribution in [-0.4, -0.2) is 25.5 Å². The van der Waals surface area contributed by atoms with Gasteiger partial charge in [-0.1, -0.05) is 6.07 Å². The number of hydrogen-bond acceptors (Lipinski definition) is 6. The molecule has 2 heterocycles. The third-order valence-corrected chi connectivity index (χ3v) is 3.86. The second-order valence-electron chi connectivity index (χ2n) is 5.68. The second-order valence-corrected chi connectivity index (χ2v) is 5.68. The first-order valence-electron chi connectivity index (χ1n) is 8.61. The van der Waals surface area contributed by atoms with Gasteiger partial charge in [0.15, 0.2) is 23.0 Å². The van der Waals surface area contributed by atoms with Crippen LogP contribution in [0.3, 0.4) is 0 Å². The van der Waals surface area contributed by atoms with E-state index in [1.807, 2.05) is 6.92 Å². The minimum atomic E-state index is -0.861. The van der Waals surface area contributed by atoms with Crippen molar-refractivity contribution >= 4 is 11.8 Å². The zero-order chi connectivity index (χ0) is 19.9. The highest BCUT2D eigenvalue weighted by molar-refractivity contribution is 5.94. The normalized spacial score (nSPS) is 10.5. The van der Waals surface area contributed by atoms with Crippen molar-refractivity contribution in [1.82, 2.24) is 10.6 Å². The largest absolute Gasteiger partial charge is 0.493 e.